The van der Waals surface area contributed by atoms with E-state index in [9.17, 15) is 39.0 Å². The number of aliphatic hydroxyl groups is 2. The first-order valence-corrected chi connectivity index (χ1v) is 23.3. The zero-order valence-electron chi connectivity index (χ0n) is 40.3. The summed E-state index contributed by atoms with van der Waals surface area (Å²) in [6.07, 6.45) is -9.41. The van der Waals surface area contributed by atoms with Crippen molar-refractivity contribution in [1.29, 1.82) is 0 Å². The van der Waals surface area contributed by atoms with Gasteiger partial charge in [-0.2, -0.15) is 0 Å². The van der Waals surface area contributed by atoms with Gasteiger partial charge < -0.3 is 44.0 Å². The van der Waals surface area contributed by atoms with Gasteiger partial charge in [-0.15, -0.1) is 0 Å². The van der Waals surface area contributed by atoms with Gasteiger partial charge in [-0.3, -0.25) is 24.2 Å². The molecule has 3 aliphatic carbocycles. The number of Topliss-reactive ketones (excluding diaryl/α,β-unsaturated/α-hetero) is 1. The Balaban J connectivity index is 1.31. The molecule has 2 heterocycles. The lowest BCUT2D eigenvalue weighted by atomic mass is 9.44. The summed E-state index contributed by atoms with van der Waals surface area (Å²) in [7, 11) is 0. The number of nitrogens with zero attached hydrogens (tertiary/aromatic N) is 1. The number of amides is 1. The van der Waals surface area contributed by atoms with Crippen molar-refractivity contribution in [2.24, 2.45) is 16.7 Å². The van der Waals surface area contributed by atoms with Crippen molar-refractivity contribution in [3.05, 3.63) is 148 Å². The van der Waals surface area contributed by atoms with Gasteiger partial charge in [-0.1, -0.05) is 80.6 Å². The van der Waals surface area contributed by atoms with Gasteiger partial charge in [-0.05, 0) is 73.9 Å². The van der Waals surface area contributed by atoms with Gasteiger partial charge in [0.05, 0.1) is 40.8 Å². The fraction of sp³-hybridized carbons (Fsp3) is 0.407. The van der Waals surface area contributed by atoms with E-state index in [-0.39, 0.29) is 40.9 Å². The van der Waals surface area contributed by atoms with Crippen LogP contribution >= 0.6 is 0 Å². The molecule has 2 bridgehead atoms. The summed E-state index contributed by atoms with van der Waals surface area (Å²) in [4.78, 5) is 104. The van der Waals surface area contributed by atoms with Gasteiger partial charge in [0.25, 0.3) is 5.91 Å². The van der Waals surface area contributed by atoms with Crippen LogP contribution < -0.4 is 5.32 Å². The zero-order chi connectivity index (χ0) is 51.2. The second-order valence-corrected chi connectivity index (χ2v) is 19.4. The normalized spacial score (nSPS) is 29.2. The molecule has 0 unspecified atom stereocenters. The van der Waals surface area contributed by atoms with Crippen LogP contribution in [0.1, 0.15) is 103 Å². The monoisotopic (exact) mass is 972 g/mol. The molecule has 17 heteroatoms. The maximum absolute atomic E-state index is 16.2. The van der Waals surface area contributed by atoms with Crippen LogP contribution in [0.2, 0.25) is 0 Å². The molecule has 1 aromatic heterocycles. The third-order valence-electron chi connectivity index (χ3n) is 14.9. The Morgan fingerprint density at radius 1 is 0.775 bits per heavy atom. The van der Waals surface area contributed by atoms with E-state index in [1.54, 1.807) is 99.6 Å². The lowest BCUT2D eigenvalue weighted by molar-refractivity contribution is -0.345. The van der Waals surface area contributed by atoms with Crippen molar-refractivity contribution in [2.75, 3.05) is 6.61 Å². The molecule has 3 fully saturated rings. The molecule has 1 aliphatic heterocycles. The van der Waals surface area contributed by atoms with Crippen molar-refractivity contribution in [1.82, 2.24) is 10.3 Å². The third-order valence-corrected chi connectivity index (χ3v) is 14.9. The van der Waals surface area contributed by atoms with Gasteiger partial charge >= 0.3 is 29.8 Å². The molecule has 3 N–H and O–H groups in total. The smallest absolute Gasteiger partial charge is 0.340 e. The molecular weight excluding hydrogens is 917 g/mol. The Morgan fingerprint density at radius 3 is 1.97 bits per heavy atom. The first-order chi connectivity index (χ1) is 33.6. The van der Waals surface area contributed by atoms with E-state index < -0.39 is 119 Å². The van der Waals surface area contributed by atoms with Crippen molar-refractivity contribution >= 4 is 41.5 Å². The number of ketones is 1. The maximum Gasteiger partial charge on any atom is 0.340 e. The highest BCUT2D eigenvalue weighted by Gasteiger charge is 2.79. The number of benzene rings is 3. The van der Waals surface area contributed by atoms with Crippen LogP contribution in [-0.4, -0.2) is 111 Å². The summed E-state index contributed by atoms with van der Waals surface area (Å²) in [5.41, 5.74) is -7.16. The Bertz CT molecular complexity index is 2780. The number of esters is 5. The molecule has 11 atom stereocenters. The lowest BCUT2D eigenvalue weighted by Crippen LogP contribution is -2.82. The zero-order valence-corrected chi connectivity index (χ0v) is 40.3. The molecule has 4 aliphatic rings. The van der Waals surface area contributed by atoms with Gasteiger partial charge in [0.1, 0.15) is 30.0 Å². The number of pyridine rings is 1. The molecule has 8 rings (SSSR count). The van der Waals surface area contributed by atoms with E-state index in [0.717, 1.165) is 13.8 Å². The number of ether oxygens (including phenoxy) is 6. The largest absolute Gasteiger partial charge is 0.458 e. The Morgan fingerprint density at radius 2 is 1.39 bits per heavy atom. The topological polar surface area (TPSA) is 240 Å². The van der Waals surface area contributed by atoms with E-state index in [1.165, 1.54) is 44.3 Å². The molecule has 372 valence electrons. The number of hydrogen-bond donors (Lipinski definition) is 3. The number of aromatic nitrogens is 1. The second-order valence-electron chi connectivity index (χ2n) is 19.4. The average Bonchev–Trinajstić information content (AvgIpc) is 3.34. The minimum absolute atomic E-state index is 0.0360. The SMILES string of the molecule is CC(=O)O[C@H]1C(=O)[C@]2(C)[C@@H](OC(=O)c3cccnc3C)C[C@H]3OC[C@@]3(OC(C)=O)[C@H]2[C@H](OC(=O)c2ccccc2)[C@]2(O)C[C@H](OC(=O)[C@H](O)[C@@H](NC(=O)c3ccccc3)c3ccccc3)C(C)=C1C2(C)C. The molecule has 71 heavy (non-hydrogen) atoms. The van der Waals surface area contributed by atoms with Crippen molar-refractivity contribution in [2.45, 2.75) is 115 Å². The average molecular weight is 973 g/mol. The van der Waals surface area contributed by atoms with Crippen LogP contribution in [0.25, 0.3) is 0 Å². The maximum atomic E-state index is 16.2. The Kier molecular flexibility index (Phi) is 13.6. The molecule has 0 radical (unpaired) electrons. The number of aryl methyl sites for hydroxylation is 1. The summed E-state index contributed by atoms with van der Waals surface area (Å²) < 4.78 is 37.4. The quantitative estimate of drug-likeness (QED) is 0.0927. The highest BCUT2D eigenvalue weighted by atomic mass is 16.6. The highest BCUT2D eigenvalue weighted by molar-refractivity contribution is 5.97. The minimum Gasteiger partial charge on any atom is -0.458 e. The summed E-state index contributed by atoms with van der Waals surface area (Å²) in [5.74, 6) is -8.01. The fourth-order valence-electron chi connectivity index (χ4n) is 11.2. The molecular formula is C54H56N2O15. The number of hydrogen-bond acceptors (Lipinski definition) is 16. The molecule has 1 amide bonds. The third kappa shape index (κ3) is 8.80. The standard InChI is InChI=1S/C54H56N2O15/c1-29-37(68-50(64)42(59)41(33-18-11-8-12-19-33)56-47(61)34-20-13-9-14-21-34)27-54(65)46(70-48(62)35-22-15-10-16-23-35)44-52(7,45(60)43(67-31(3)57)40(29)51(54,5)6)38(26-39-53(44,28-66-39)71-32(4)58)69-49(63)36-24-17-25-55-30(36)2/h8-25,37-39,41-44,46,59,65H,26-28H2,1-7H3,(H,56,61)/t37-,38-,39+,41-,42+,43+,44-,46-,52+,53-,54+/m0/s1. The van der Waals surface area contributed by atoms with Crippen molar-refractivity contribution < 1.29 is 72.2 Å². The molecule has 17 nitrogen and oxygen atoms in total. The summed E-state index contributed by atoms with van der Waals surface area (Å²) >= 11 is 0. The van der Waals surface area contributed by atoms with Gasteiger partial charge in [0.15, 0.2) is 23.6 Å². The molecule has 2 saturated carbocycles. The Hall–Kier alpha value is -7.08. The van der Waals surface area contributed by atoms with E-state index in [2.05, 4.69) is 10.3 Å². The van der Waals surface area contributed by atoms with Crippen LogP contribution in [0.3, 0.4) is 0 Å². The van der Waals surface area contributed by atoms with Crippen LogP contribution in [-0.2, 0) is 47.6 Å². The van der Waals surface area contributed by atoms with E-state index in [1.807, 2.05) is 0 Å². The Labute approximate surface area is 409 Å². The predicted octanol–water partition coefficient (Wildman–Crippen LogP) is 5.30. The van der Waals surface area contributed by atoms with Crippen LogP contribution in [0.5, 0.6) is 0 Å². The van der Waals surface area contributed by atoms with E-state index in [0.29, 0.717) is 11.3 Å². The summed E-state index contributed by atoms with van der Waals surface area (Å²) in [6.45, 7) is 9.50. The number of aliphatic hydroxyl groups excluding tert-OH is 1. The molecule has 1 saturated heterocycles. The number of carbonyl (C=O) groups excluding carboxylic acids is 7. The predicted molar refractivity (Wildman–Crippen MR) is 250 cm³/mol. The molecule has 3 aromatic carbocycles. The van der Waals surface area contributed by atoms with Gasteiger partial charge in [0.2, 0.25) is 0 Å². The number of rotatable bonds is 12. The van der Waals surface area contributed by atoms with Crippen LogP contribution in [0, 0.1) is 23.7 Å². The van der Waals surface area contributed by atoms with Crippen LogP contribution in [0.15, 0.2) is 120 Å². The van der Waals surface area contributed by atoms with Crippen molar-refractivity contribution in [3.63, 3.8) is 0 Å². The van der Waals surface area contributed by atoms with Crippen molar-refractivity contribution in [3.8, 4) is 0 Å². The second kappa shape index (κ2) is 19.3. The highest BCUT2D eigenvalue weighted by Crippen LogP contribution is 2.65. The molecule has 0 spiro atoms. The van der Waals surface area contributed by atoms with Gasteiger partial charge in [0, 0.05) is 43.9 Å². The first kappa shape index (κ1) is 50.3. The first-order valence-electron chi connectivity index (χ1n) is 23.3. The molecule has 4 aromatic rings. The number of nitrogens with one attached hydrogen (secondary N) is 1. The number of fused-ring (bicyclic) bond motifs is 5. The minimum atomic E-state index is -2.48. The summed E-state index contributed by atoms with van der Waals surface area (Å²) in [6, 6.07) is 25.8. The fourth-order valence-corrected chi connectivity index (χ4v) is 11.2. The van der Waals surface area contributed by atoms with Gasteiger partial charge in [-0.25, -0.2) is 14.4 Å². The van der Waals surface area contributed by atoms with Crippen LogP contribution in [0.4, 0.5) is 0 Å². The summed E-state index contributed by atoms with van der Waals surface area (Å²) in [5, 5.41) is 28.7. The van der Waals surface area contributed by atoms with E-state index >= 15 is 4.79 Å². The lowest BCUT2D eigenvalue weighted by Gasteiger charge is -2.67. The number of carbonyl (C=O) groups is 7. The van der Waals surface area contributed by atoms with E-state index in [4.69, 9.17) is 28.4 Å².